The van der Waals surface area contributed by atoms with E-state index >= 15 is 0 Å². The molecule has 0 radical (unpaired) electrons. The lowest BCUT2D eigenvalue weighted by atomic mass is 10.2. The fourth-order valence-corrected chi connectivity index (χ4v) is 3.66. The molecule has 0 fully saturated rings. The fourth-order valence-electron chi connectivity index (χ4n) is 3.09. The zero-order chi connectivity index (χ0) is 25.2. The molecule has 0 unspecified atom stereocenters. The summed E-state index contributed by atoms with van der Waals surface area (Å²) in [5.74, 6) is 1.19. The highest BCUT2D eigenvalue weighted by atomic mass is 79.9. The lowest BCUT2D eigenvalue weighted by Crippen LogP contribution is -1.99. The Morgan fingerprint density at radius 1 is 0.714 bits per heavy atom. The van der Waals surface area contributed by atoms with Gasteiger partial charge in [-0.15, -0.1) is 0 Å². The second-order valence-corrected chi connectivity index (χ2v) is 9.49. The lowest BCUT2D eigenvalue weighted by molar-refractivity contribution is -0.386. The van der Waals surface area contributed by atoms with Crippen LogP contribution in [0, 0.1) is 24.0 Å². The molecule has 0 amide bonds. The zero-order valence-electron chi connectivity index (χ0n) is 19.4. The molecule has 0 aliphatic carbocycles. The van der Waals surface area contributed by atoms with Gasteiger partial charge in [-0.05, 0) is 60.4 Å². The van der Waals surface area contributed by atoms with Gasteiger partial charge < -0.3 is 9.47 Å². The smallest absolute Gasteiger partial charge is 0.312 e. The highest BCUT2D eigenvalue weighted by Gasteiger charge is 2.17. The third-order valence-electron chi connectivity index (χ3n) is 5.05. The van der Waals surface area contributed by atoms with E-state index in [9.17, 15) is 10.1 Å². The summed E-state index contributed by atoms with van der Waals surface area (Å²) in [6.07, 6.45) is 0. The lowest BCUT2D eigenvalue weighted by Gasteiger charge is -2.08. The summed E-state index contributed by atoms with van der Waals surface area (Å²) >= 11 is 6.75. The fraction of sp³-hybridized carbons (Fsp3) is 0.143. The van der Waals surface area contributed by atoms with Crippen LogP contribution in [-0.2, 0) is 13.2 Å². The van der Waals surface area contributed by atoms with Gasteiger partial charge in [0.25, 0.3) is 0 Å². The van der Waals surface area contributed by atoms with Crippen molar-refractivity contribution >= 4 is 37.5 Å². The monoisotopic (exact) mass is 597 g/mol. The van der Waals surface area contributed by atoms with Crippen LogP contribution in [0.15, 0.2) is 99.9 Å². The number of hydrogen-bond acceptors (Lipinski definition) is 4. The Bertz CT molecular complexity index is 1260. The minimum Gasteiger partial charge on any atom is -0.489 e. The molecule has 4 aromatic carbocycles. The number of ether oxygens (including phenoxy) is 2. The van der Waals surface area contributed by atoms with E-state index in [1.807, 2.05) is 73.7 Å². The van der Waals surface area contributed by atoms with Crippen molar-refractivity contribution in [2.24, 2.45) is 0 Å². The summed E-state index contributed by atoms with van der Waals surface area (Å²) in [5.41, 5.74) is 4.20. The van der Waals surface area contributed by atoms with Crippen molar-refractivity contribution in [3.8, 4) is 11.5 Å². The van der Waals surface area contributed by atoms with Crippen molar-refractivity contribution < 1.29 is 14.4 Å². The zero-order valence-corrected chi connectivity index (χ0v) is 22.6. The van der Waals surface area contributed by atoms with Gasteiger partial charge in [0, 0.05) is 15.0 Å². The van der Waals surface area contributed by atoms with Crippen LogP contribution >= 0.6 is 31.9 Å². The van der Waals surface area contributed by atoms with Crippen LogP contribution in [0.5, 0.6) is 11.5 Å². The highest BCUT2D eigenvalue weighted by Crippen LogP contribution is 2.33. The van der Waals surface area contributed by atoms with E-state index in [2.05, 4.69) is 50.9 Å². The average Bonchev–Trinajstić information content (AvgIpc) is 2.87. The van der Waals surface area contributed by atoms with Crippen LogP contribution in [0.4, 0.5) is 5.69 Å². The molecule has 7 heteroatoms. The molecule has 4 aromatic rings. The maximum Gasteiger partial charge on any atom is 0.312 e. The summed E-state index contributed by atoms with van der Waals surface area (Å²) in [5, 5.41) is 11.0. The first-order valence-corrected chi connectivity index (χ1v) is 12.5. The van der Waals surface area contributed by atoms with Crippen LogP contribution < -0.4 is 9.47 Å². The molecule has 0 bridgehead atoms. The van der Waals surface area contributed by atoms with Crippen LogP contribution in [0.1, 0.15) is 22.3 Å². The quantitative estimate of drug-likeness (QED) is 0.158. The Balaban J connectivity index is 0.000000198. The summed E-state index contributed by atoms with van der Waals surface area (Å²) in [6, 6.07) is 28.9. The minimum absolute atomic E-state index is 0.0339. The number of nitro groups is 1. The number of aryl methyl sites for hydroxylation is 2. The predicted molar refractivity (Wildman–Crippen MR) is 146 cm³/mol. The van der Waals surface area contributed by atoms with Gasteiger partial charge in [-0.1, -0.05) is 92.5 Å². The van der Waals surface area contributed by atoms with Crippen LogP contribution in [0.3, 0.4) is 0 Å². The van der Waals surface area contributed by atoms with Gasteiger partial charge in [-0.2, -0.15) is 0 Å². The Hall–Kier alpha value is -3.16. The second kappa shape index (κ2) is 13.1. The number of nitrogens with zero attached hydrogens (tertiary/aromatic N) is 1. The number of halogens is 2. The molecule has 35 heavy (non-hydrogen) atoms. The molecule has 0 spiro atoms. The van der Waals surface area contributed by atoms with Gasteiger partial charge in [-0.25, -0.2) is 0 Å². The first-order chi connectivity index (χ1) is 16.8. The van der Waals surface area contributed by atoms with E-state index in [1.165, 1.54) is 17.2 Å². The van der Waals surface area contributed by atoms with Crippen LogP contribution in [0.25, 0.3) is 0 Å². The highest BCUT2D eigenvalue weighted by molar-refractivity contribution is 9.10. The second-order valence-electron chi connectivity index (χ2n) is 7.79. The predicted octanol–water partition coefficient (Wildman–Crippen LogP) is 8.58. The van der Waals surface area contributed by atoms with Gasteiger partial charge in [0.05, 0.1) is 4.92 Å². The van der Waals surface area contributed by atoms with Crippen molar-refractivity contribution in [1.29, 1.82) is 0 Å². The van der Waals surface area contributed by atoms with E-state index in [-0.39, 0.29) is 11.4 Å². The summed E-state index contributed by atoms with van der Waals surface area (Å²) in [7, 11) is 0. The van der Waals surface area contributed by atoms with Gasteiger partial charge in [-0.3, -0.25) is 10.1 Å². The molecule has 0 saturated carbocycles. The third-order valence-corrected chi connectivity index (χ3v) is 6.80. The Morgan fingerprint density at radius 3 is 1.80 bits per heavy atom. The van der Waals surface area contributed by atoms with Crippen molar-refractivity contribution in [2.75, 3.05) is 0 Å². The van der Waals surface area contributed by atoms with Crippen molar-refractivity contribution in [3.63, 3.8) is 0 Å². The molecule has 4 rings (SSSR count). The van der Waals surface area contributed by atoms with Gasteiger partial charge in [0.15, 0.2) is 5.75 Å². The molecule has 0 aromatic heterocycles. The molecular formula is C28H25Br2NO4. The largest absolute Gasteiger partial charge is 0.489 e. The molecule has 0 atom stereocenters. The number of rotatable bonds is 7. The van der Waals surface area contributed by atoms with Crippen LogP contribution in [0.2, 0.25) is 0 Å². The first-order valence-electron chi connectivity index (χ1n) is 10.9. The van der Waals surface area contributed by atoms with E-state index in [4.69, 9.17) is 9.47 Å². The molecule has 0 aliphatic rings. The van der Waals surface area contributed by atoms with Gasteiger partial charge in [0.1, 0.15) is 19.0 Å². The maximum atomic E-state index is 11.0. The summed E-state index contributed by atoms with van der Waals surface area (Å²) < 4.78 is 13.1. The topological polar surface area (TPSA) is 61.6 Å². The molecule has 0 aliphatic heterocycles. The third kappa shape index (κ3) is 8.23. The molecular weight excluding hydrogens is 574 g/mol. The van der Waals surface area contributed by atoms with Crippen LogP contribution in [-0.4, -0.2) is 4.92 Å². The van der Waals surface area contributed by atoms with E-state index in [0.717, 1.165) is 21.3 Å². The Labute approximate surface area is 222 Å². The first kappa shape index (κ1) is 26.4. The van der Waals surface area contributed by atoms with E-state index < -0.39 is 4.92 Å². The maximum absolute atomic E-state index is 11.0. The standard InChI is InChI=1S/C14H12BrNO3.C14H13BrO/c1-10-7-14(13(16(17)18)8-12(10)15)19-9-11-5-3-2-4-6-11;1-11-9-13(7-8-14(11)15)16-10-12-5-3-2-4-6-12/h2-8H,9H2,1H3;2-9H,10H2,1H3. The minimum atomic E-state index is -0.440. The SMILES string of the molecule is Cc1cc(OCc2ccccc2)c([N+](=O)[O-])cc1Br.Cc1cc(OCc2ccccc2)ccc1Br. The van der Waals surface area contributed by atoms with E-state index in [1.54, 1.807) is 6.07 Å². The van der Waals surface area contributed by atoms with Crippen molar-refractivity contribution in [1.82, 2.24) is 0 Å². The molecule has 0 saturated heterocycles. The number of benzene rings is 4. The number of nitro benzene ring substituents is 1. The van der Waals surface area contributed by atoms with E-state index in [0.29, 0.717) is 17.7 Å². The molecule has 0 heterocycles. The Kier molecular flexibility index (Phi) is 9.87. The van der Waals surface area contributed by atoms with Crippen molar-refractivity contribution in [2.45, 2.75) is 27.1 Å². The molecule has 0 N–H and O–H groups in total. The molecule has 5 nitrogen and oxygen atoms in total. The van der Waals surface area contributed by atoms with Crippen molar-refractivity contribution in [3.05, 3.63) is 132 Å². The average molecular weight is 599 g/mol. The summed E-state index contributed by atoms with van der Waals surface area (Å²) in [4.78, 5) is 10.6. The molecule has 180 valence electrons. The van der Waals surface area contributed by atoms with Gasteiger partial charge >= 0.3 is 5.69 Å². The normalized spacial score (nSPS) is 10.2. The summed E-state index contributed by atoms with van der Waals surface area (Å²) in [6.45, 7) is 4.84. The van der Waals surface area contributed by atoms with Gasteiger partial charge in [0.2, 0.25) is 0 Å². The Morgan fingerprint density at radius 2 is 1.26 bits per heavy atom. The number of hydrogen-bond donors (Lipinski definition) is 0.